The van der Waals surface area contributed by atoms with Crippen molar-refractivity contribution in [3.8, 4) is 11.4 Å². The van der Waals surface area contributed by atoms with Gasteiger partial charge in [-0.3, -0.25) is 9.81 Å². The number of nitrogens with one attached hydrogen (secondary N) is 1. The van der Waals surface area contributed by atoms with Crippen LogP contribution in [0.2, 0.25) is 0 Å². The van der Waals surface area contributed by atoms with E-state index >= 15 is 0 Å². The highest BCUT2D eigenvalue weighted by Gasteiger charge is 2.36. The maximum absolute atomic E-state index is 14.8. The molecule has 3 aromatic rings. The Labute approximate surface area is 185 Å². The second-order valence-corrected chi connectivity index (χ2v) is 7.78. The number of piperazine rings is 1. The number of imidazole rings is 1. The predicted molar refractivity (Wildman–Crippen MR) is 112 cm³/mol. The molecular formula is C20H22F4N9+. The number of aromatic nitrogens is 5. The van der Waals surface area contributed by atoms with Crippen molar-refractivity contribution in [2.45, 2.75) is 38.1 Å². The van der Waals surface area contributed by atoms with Gasteiger partial charge in [0.15, 0.2) is 23.4 Å². The van der Waals surface area contributed by atoms with Gasteiger partial charge in [-0.1, -0.05) is 0 Å². The Balaban J connectivity index is 1.78. The van der Waals surface area contributed by atoms with E-state index in [-0.39, 0.29) is 41.1 Å². The molecule has 0 saturated carbocycles. The molecule has 1 fully saturated rings. The van der Waals surface area contributed by atoms with Crippen molar-refractivity contribution in [3.05, 3.63) is 48.1 Å². The van der Waals surface area contributed by atoms with Crippen LogP contribution in [-0.2, 0) is 6.18 Å². The summed E-state index contributed by atoms with van der Waals surface area (Å²) in [5.41, 5.74) is 5.24. The average molecular weight is 464 g/mol. The van der Waals surface area contributed by atoms with Crippen molar-refractivity contribution >= 4 is 17.8 Å². The van der Waals surface area contributed by atoms with Gasteiger partial charge in [0.25, 0.3) is 0 Å². The molecule has 0 aliphatic carbocycles. The fraction of sp³-hybridized carbons (Fsp3) is 0.350. The summed E-state index contributed by atoms with van der Waals surface area (Å²) in [5, 5.41) is 9.11. The first kappa shape index (κ1) is 22.6. The Hall–Kier alpha value is -3.61. The highest BCUT2D eigenvalue weighted by atomic mass is 19.4. The smallest absolute Gasteiger partial charge is 0.404 e. The zero-order valence-electron chi connectivity index (χ0n) is 17.8. The number of rotatable bonds is 4. The van der Waals surface area contributed by atoms with E-state index in [1.54, 1.807) is 0 Å². The van der Waals surface area contributed by atoms with Crippen molar-refractivity contribution in [2.75, 3.05) is 11.4 Å². The standard InChI is InChI=1S/C20H21F4N9/c1-10-8-32(11(2)17(30-10)12(3-25)4-26)19-29-5-13(21)18(31-19)14-6-28-16-7-27-15(9-33(14)16)20(22,23)24/h3-7,9-11,17,25,30H,8,26H2,1-2H3/p+1/b12-4+,25-3?. The van der Waals surface area contributed by atoms with Crippen LogP contribution < -0.4 is 21.4 Å². The van der Waals surface area contributed by atoms with Crippen molar-refractivity contribution in [3.63, 3.8) is 0 Å². The zero-order chi connectivity index (χ0) is 23.9. The third kappa shape index (κ3) is 4.11. The number of alkyl halides is 3. The van der Waals surface area contributed by atoms with Gasteiger partial charge in [0.1, 0.15) is 5.69 Å². The van der Waals surface area contributed by atoms with E-state index in [1.807, 2.05) is 18.7 Å². The molecule has 0 amide bonds. The fourth-order valence-electron chi connectivity index (χ4n) is 3.93. The van der Waals surface area contributed by atoms with Crippen LogP contribution in [0.5, 0.6) is 0 Å². The largest absolute Gasteiger partial charge is 0.434 e. The van der Waals surface area contributed by atoms with Gasteiger partial charge < -0.3 is 16.0 Å². The van der Waals surface area contributed by atoms with E-state index in [0.29, 0.717) is 12.1 Å². The molecule has 1 aliphatic rings. The van der Waals surface area contributed by atoms with Gasteiger partial charge in [-0.25, -0.2) is 24.3 Å². The van der Waals surface area contributed by atoms with E-state index in [9.17, 15) is 17.6 Å². The summed E-state index contributed by atoms with van der Waals surface area (Å²) < 4.78 is 55.3. The molecule has 1 aliphatic heterocycles. The van der Waals surface area contributed by atoms with E-state index in [0.717, 1.165) is 23.0 Å². The topological polar surface area (TPSA) is 123 Å². The lowest BCUT2D eigenvalue weighted by atomic mass is 9.96. The summed E-state index contributed by atoms with van der Waals surface area (Å²) in [6.07, 6.45) is 2.13. The van der Waals surface area contributed by atoms with Crippen LogP contribution in [0.4, 0.5) is 23.5 Å². The number of nitrogens with two attached hydrogens (primary N) is 2. The third-order valence-corrected chi connectivity index (χ3v) is 5.57. The lowest BCUT2D eigenvalue weighted by molar-refractivity contribution is -0.141. The fourth-order valence-corrected chi connectivity index (χ4v) is 3.93. The molecule has 33 heavy (non-hydrogen) atoms. The first-order valence-electron chi connectivity index (χ1n) is 10.1. The van der Waals surface area contributed by atoms with Gasteiger partial charge in [-0.2, -0.15) is 13.2 Å². The summed E-state index contributed by atoms with van der Waals surface area (Å²) in [6.45, 7) is 4.37. The Kier molecular flexibility index (Phi) is 5.74. The van der Waals surface area contributed by atoms with Crippen molar-refractivity contribution in [1.82, 2.24) is 29.7 Å². The summed E-state index contributed by atoms with van der Waals surface area (Å²) >= 11 is 0. The highest BCUT2D eigenvalue weighted by molar-refractivity contribution is 5.75. The van der Waals surface area contributed by atoms with Gasteiger partial charge in [-0.15, -0.1) is 0 Å². The maximum atomic E-state index is 14.8. The first-order valence-corrected chi connectivity index (χ1v) is 10.1. The second kappa shape index (κ2) is 8.39. The molecule has 4 heterocycles. The van der Waals surface area contributed by atoms with Crippen LogP contribution in [0, 0.1) is 5.82 Å². The lowest BCUT2D eigenvalue weighted by Gasteiger charge is -2.43. The van der Waals surface area contributed by atoms with Crippen molar-refractivity contribution in [2.24, 2.45) is 5.73 Å². The van der Waals surface area contributed by atoms with E-state index in [2.05, 4.69) is 25.3 Å². The van der Waals surface area contributed by atoms with Gasteiger partial charge in [0, 0.05) is 36.6 Å². The molecular weight excluding hydrogens is 442 g/mol. The van der Waals surface area contributed by atoms with Gasteiger partial charge in [-0.05, 0) is 13.8 Å². The molecule has 3 aromatic heterocycles. The van der Waals surface area contributed by atoms with Gasteiger partial charge in [0.2, 0.25) is 5.95 Å². The quantitative estimate of drug-likeness (QED) is 0.381. The number of nitrogens with zero attached hydrogens (tertiary/aromatic N) is 6. The Morgan fingerprint density at radius 1 is 1.21 bits per heavy atom. The maximum Gasteiger partial charge on any atom is 0.434 e. The third-order valence-electron chi connectivity index (χ3n) is 5.57. The molecule has 0 bridgehead atoms. The first-order chi connectivity index (χ1) is 15.6. The summed E-state index contributed by atoms with van der Waals surface area (Å²) in [5.74, 6) is -0.582. The molecule has 1 saturated heterocycles. The monoisotopic (exact) mass is 464 g/mol. The molecule has 5 N–H and O–H groups in total. The number of anilines is 1. The van der Waals surface area contributed by atoms with E-state index in [4.69, 9.17) is 11.1 Å². The molecule has 0 spiro atoms. The minimum Gasteiger partial charge on any atom is -0.404 e. The molecule has 3 atom stereocenters. The number of fused-ring (bicyclic) bond motifs is 1. The molecule has 3 unspecified atom stereocenters. The predicted octanol–water partition coefficient (Wildman–Crippen LogP) is 0.572. The molecule has 9 nitrogen and oxygen atoms in total. The molecule has 0 aromatic carbocycles. The van der Waals surface area contributed by atoms with Crippen LogP contribution in [0.3, 0.4) is 0 Å². The number of hydrogen-bond acceptors (Lipinski definition) is 7. The lowest BCUT2D eigenvalue weighted by Crippen LogP contribution is -2.62. The minimum atomic E-state index is -4.67. The van der Waals surface area contributed by atoms with Gasteiger partial charge in [0.05, 0.1) is 30.3 Å². The summed E-state index contributed by atoms with van der Waals surface area (Å²) in [6, 6.07) is -0.455. The average Bonchev–Trinajstić information content (AvgIpc) is 3.19. The normalized spacial score (nSPS) is 22.1. The Bertz CT molecular complexity index is 1220. The van der Waals surface area contributed by atoms with E-state index in [1.165, 1.54) is 18.6 Å². The summed E-state index contributed by atoms with van der Waals surface area (Å²) in [4.78, 5) is 17.8. The number of halogens is 4. The van der Waals surface area contributed by atoms with Crippen LogP contribution in [0.25, 0.3) is 17.0 Å². The molecule has 174 valence electrons. The highest BCUT2D eigenvalue weighted by Crippen LogP contribution is 2.30. The molecule has 13 heteroatoms. The zero-order valence-corrected chi connectivity index (χ0v) is 17.8. The van der Waals surface area contributed by atoms with Gasteiger partial charge >= 0.3 is 6.18 Å². The van der Waals surface area contributed by atoms with Crippen molar-refractivity contribution in [1.29, 1.82) is 0 Å². The Morgan fingerprint density at radius 2 is 1.97 bits per heavy atom. The van der Waals surface area contributed by atoms with Crippen LogP contribution in [0.1, 0.15) is 19.5 Å². The SMILES string of the molecule is CC1CN(c2ncc(F)c(-c3cnc4cnc(C(F)(F)F)cn34)n2)C(C)C(/C(C=[NH2+])=C/N)N1. The number of hydrogen-bond donors (Lipinski definition) is 3. The van der Waals surface area contributed by atoms with Crippen LogP contribution in [0.15, 0.2) is 36.6 Å². The Morgan fingerprint density at radius 3 is 2.64 bits per heavy atom. The summed E-state index contributed by atoms with van der Waals surface area (Å²) in [7, 11) is 0. The second-order valence-electron chi connectivity index (χ2n) is 7.78. The van der Waals surface area contributed by atoms with Crippen LogP contribution in [-0.4, -0.2) is 55.2 Å². The van der Waals surface area contributed by atoms with Crippen molar-refractivity contribution < 1.29 is 23.0 Å². The molecule has 0 radical (unpaired) electrons. The van der Waals surface area contributed by atoms with E-state index < -0.39 is 17.7 Å². The molecule has 4 rings (SSSR count). The van der Waals surface area contributed by atoms with Crippen LogP contribution >= 0.6 is 0 Å². The minimum absolute atomic E-state index is 0.00517.